The van der Waals surface area contributed by atoms with E-state index in [0.29, 0.717) is 13.0 Å². The smallest absolute Gasteiger partial charge is 0.311 e. The van der Waals surface area contributed by atoms with Gasteiger partial charge in [-0.3, -0.25) is 9.59 Å². The molecule has 1 atom stereocenters. The third kappa shape index (κ3) is 2.61. The minimum absolute atomic E-state index is 0.117. The van der Waals surface area contributed by atoms with E-state index in [-0.39, 0.29) is 12.5 Å². The summed E-state index contributed by atoms with van der Waals surface area (Å²) in [5.74, 6) is -0.951. The highest BCUT2D eigenvalue weighted by Crippen LogP contribution is 2.30. The van der Waals surface area contributed by atoms with Gasteiger partial charge in [-0.2, -0.15) is 0 Å². The van der Waals surface area contributed by atoms with Crippen molar-refractivity contribution in [2.24, 2.45) is 5.41 Å². The summed E-state index contributed by atoms with van der Waals surface area (Å²) in [5, 5.41) is 11.0. The van der Waals surface area contributed by atoms with Gasteiger partial charge in [0, 0.05) is 24.0 Å². The van der Waals surface area contributed by atoms with Gasteiger partial charge in [-0.05, 0) is 30.9 Å². The third-order valence-electron chi connectivity index (χ3n) is 3.23. The van der Waals surface area contributed by atoms with Crippen molar-refractivity contribution < 1.29 is 14.7 Å². The Morgan fingerprint density at radius 2 is 2.33 bits per heavy atom. The Balaban J connectivity index is 1.98. The molecule has 4 nitrogen and oxygen atoms in total. The average molecular weight is 265 g/mol. The van der Waals surface area contributed by atoms with Gasteiger partial charge in [-0.1, -0.05) is 6.07 Å². The first-order chi connectivity index (χ1) is 8.51. The standard InChI is InChI=1S/C13H15NO3S/c1-13(12(16)17)6-7-14(9-13)11(15)5-4-10-3-2-8-18-10/h2-5,8H,6-7,9H2,1H3,(H,16,17)/b5-4-/t13-/m1/s1. The maximum absolute atomic E-state index is 11.9. The molecule has 1 aliphatic heterocycles. The van der Waals surface area contributed by atoms with Crippen LogP contribution in [0.5, 0.6) is 0 Å². The molecule has 0 aliphatic carbocycles. The molecule has 0 aromatic carbocycles. The van der Waals surface area contributed by atoms with Crippen LogP contribution in [0.25, 0.3) is 6.08 Å². The Kier molecular flexibility index (Phi) is 3.52. The molecule has 1 N–H and O–H groups in total. The molecule has 0 spiro atoms. The topological polar surface area (TPSA) is 57.6 Å². The second kappa shape index (κ2) is 4.94. The molecule has 2 heterocycles. The molecular weight excluding hydrogens is 250 g/mol. The molecule has 0 unspecified atom stereocenters. The number of rotatable bonds is 3. The molecule has 1 fully saturated rings. The number of thiophene rings is 1. The number of hydrogen-bond donors (Lipinski definition) is 1. The zero-order valence-electron chi connectivity index (χ0n) is 10.1. The molecule has 1 aromatic heterocycles. The molecule has 1 aliphatic rings. The van der Waals surface area contributed by atoms with Crippen molar-refractivity contribution in [3.63, 3.8) is 0 Å². The molecule has 96 valence electrons. The van der Waals surface area contributed by atoms with Gasteiger partial charge in [-0.25, -0.2) is 0 Å². The third-order valence-corrected chi connectivity index (χ3v) is 4.07. The molecular formula is C13H15NO3S. The van der Waals surface area contributed by atoms with Crippen LogP contribution in [-0.2, 0) is 9.59 Å². The van der Waals surface area contributed by atoms with Gasteiger partial charge in [0.25, 0.3) is 0 Å². The highest BCUT2D eigenvalue weighted by atomic mass is 32.1. The van der Waals surface area contributed by atoms with Crippen molar-refractivity contribution in [1.82, 2.24) is 4.90 Å². The van der Waals surface area contributed by atoms with Crippen LogP contribution in [0, 0.1) is 5.41 Å². The maximum Gasteiger partial charge on any atom is 0.311 e. The summed E-state index contributed by atoms with van der Waals surface area (Å²) in [4.78, 5) is 25.6. The van der Waals surface area contributed by atoms with Crippen LogP contribution in [0.2, 0.25) is 0 Å². The maximum atomic E-state index is 11.9. The number of likely N-dealkylation sites (tertiary alicyclic amines) is 1. The van der Waals surface area contributed by atoms with Crippen LogP contribution in [-0.4, -0.2) is 35.0 Å². The summed E-state index contributed by atoms with van der Waals surface area (Å²) in [6.07, 6.45) is 3.80. The fraction of sp³-hybridized carbons (Fsp3) is 0.385. The van der Waals surface area contributed by atoms with Crippen molar-refractivity contribution >= 4 is 29.3 Å². The van der Waals surface area contributed by atoms with Crippen molar-refractivity contribution in [2.45, 2.75) is 13.3 Å². The molecule has 2 rings (SSSR count). The fourth-order valence-electron chi connectivity index (χ4n) is 1.97. The number of nitrogens with zero attached hydrogens (tertiary/aromatic N) is 1. The Hall–Kier alpha value is -1.62. The summed E-state index contributed by atoms with van der Waals surface area (Å²) >= 11 is 1.56. The Morgan fingerprint density at radius 3 is 2.89 bits per heavy atom. The molecule has 1 saturated heterocycles. The van der Waals surface area contributed by atoms with Crippen molar-refractivity contribution in [2.75, 3.05) is 13.1 Å². The summed E-state index contributed by atoms with van der Waals surface area (Å²) in [5.41, 5.74) is -0.799. The number of aliphatic carboxylic acids is 1. The number of amides is 1. The van der Waals surface area contributed by atoms with Crippen molar-refractivity contribution in [1.29, 1.82) is 0 Å². The van der Waals surface area contributed by atoms with E-state index >= 15 is 0 Å². The minimum Gasteiger partial charge on any atom is -0.481 e. The predicted molar refractivity (Wildman–Crippen MR) is 70.3 cm³/mol. The van der Waals surface area contributed by atoms with Crippen LogP contribution >= 0.6 is 11.3 Å². The minimum atomic E-state index is -0.833. The summed E-state index contributed by atoms with van der Waals surface area (Å²) < 4.78 is 0. The van der Waals surface area contributed by atoms with Gasteiger partial charge in [0.2, 0.25) is 5.91 Å². The first kappa shape index (κ1) is 12.8. The van der Waals surface area contributed by atoms with Crippen LogP contribution in [0.4, 0.5) is 0 Å². The van der Waals surface area contributed by atoms with E-state index in [1.165, 1.54) is 6.08 Å². The van der Waals surface area contributed by atoms with Gasteiger partial charge in [0.1, 0.15) is 0 Å². The number of hydrogen-bond acceptors (Lipinski definition) is 3. The van der Waals surface area contributed by atoms with Gasteiger partial charge in [-0.15, -0.1) is 11.3 Å². The molecule has 0 saturated carbocycles. The Morgan fingerprint density at radius 1 is 1.56 bits per heavy atom. The van der Waals surface area contributed by atoms with Gasteiger partial charge in [0.05, 0.1) is 5.41 Å². The lowest BCUT2D eigenvalue weighted by atomic mass is 9.90. The molecule has 18 heavy (non-hydrogen) atoms. The highest BCUT2D eigenvalue weighted by Gasteiger charge is 2.41. The largest absolute Gasteiger partial charge is 0.481 e. The van der Waals surface area contributed by atoms with Crippen LogP contribution < -0.4 is 0 Å². The molecule has 0 radical (unpaired) electrons. The quantitative estimate of drug-likeness (QED) is 0.851. The van der Waals surface area contributed by atoms with E-state index < -0.39 is 11.4 Å². The zero-order valence-corrected chi connectivity index (χ0v) is 10.9. The van der Waals surface area contributed by atoms with Gasteiger partial charge < -0.3 is 10.0 Å². The van der Waals surface area contributed by atoms with Crippen LogP contribution in [0.3, 0.4) is 0 Å². The van der Waals surface area contributed by atoms with E-state index in [1.54, 1.807) is 29.2 Å². The normalized spacial score (nSPS) is 23.7. The lowest BCUT2D eigenvalue weighted by molar-refractivity contribution is -0.147. The van der Waals surface area contributed by atoms with Crippen molar-refractivity contribution in [3.05, 3.63) is 28.5 Å². The van der Waals surface area contributed by atoms with E-state index in [9.17, 15) is 9.59 Å². The lowest BCUT2D eigenvalue weighted by Crippen LogP contribution is -2.34. The summed E-state index contributed by atoms with van der Waals surface area (Å²) in [6.45, 7) is 2.48. The van der Waals surface area contributed by atoms with Crippen LogP contribution in [0.1, 0.15) is 18.2 Å². The Labute approximate surface area is 110 Å². The molecule has 1 amide bonds. The van der Waals surface area contributed by atoms with E-state index in [0.717, 1.165) is 4.88 Å². The average Bonchev–Trinajstić information content (AvgIpc) is 2.95. The van der Waals surface area contributed by atoms with E-state index in [1.807, 2.05) is 17.5 Å². The molecule has 1 aromatic rings. The highest BCUT2D eigenvalue weighted by molar-refractivity contribution is 7.10. The summed E-state index contributed by atoms with van der Waals surface area (Å²) in [7, 11) is 0. The fourth-order valence-corrected chi connectivity index (χ4v) is 2.59. The van der Waals surface area contributed by atoms with E-state index in [2.05, 4.69) is 0 Å². The van der Waals surface area contributed by atoms with E-state index in [4.69, 9.17) is 5.11 Å². The van der Waals surface area contributed by atoms with Gasteiger partial charge in [0.15, 0.2) is 0 Å². The number of carboxylic acids is 1. The monoisotopic (exact) mass is 265 g/mol. The SMILES string of the molecule is C[C@@]1(C(=O)O)CCN(C(=O)/C=C\c2cccs2)C1. The second-order valence-electron chi connectivity index (χ2n) is 4.72. The second-order valence-corrected chi connectivity index (χ2v) is 5.70. The first-order valence-electron chi connectivity index (χ1n) is 5.75. The lowest BCUT2D eigenvalue weighted by Gasteiger charge is -2.18. The van der Waals surface area contributed by atoms with Gasteiger partial charge >= 0.3 is 5.97 Å². The number of carbonyl (C=O) groups excluding carboxylic acids is 1. The number of carboxylic acid groups (broad SMARTS) is 1. The summed E-state index contributed by atoms with van der Waals surface area (Å²) in [6, 6.07) is 3.85. The zero-order chi connectivity index (χ0) is 13.2. The molecule has 5 heteroatoms. The molecule has 0 bridgehead atoms. The van der Waals surface area contributed by atoms with Crippen LogP contribution in [0.15, 0.2) is 23.6 Å². The first-order valence-corrected chi connectivity index (χ1v) is 6.63. The Bertz CT molecular complexity index is 480. The number of carbonyl (C=O) groups is 2. The predicted octanol–water partition coefficient (Wildman–Crippen LogP) is 2.08. The van der Waals surface area contributed by atoms with Crippen molar-refractivity contribution in [3.8, 4) is 0 Å².